The lowest BCUT2D eigenvalue weighted by atomic mass is 9.96. The van der Waals surface area contributed by atoms with Gasteiger partial charge in [0.2, 0.25) is 0 Å². The Balaban J connectivity index is 1.95. The molecule has 2 unspecified atom stereocenters. The van der Waals surface area contributed by atoms with E-state index in [9.17, 15) is 9.59 Å². The number of aliphatic carboxylic acids is 1. The molecule has 1 aromatic rings. The van der Waals surface area contributed by atoms with E-state index in [2.05, 4.69) is 5.32 Å². The van der Waals surface area contributed by atoms with E-state index in [1.165, 1.54) is 0 Å². The maximum atomic E-state index is 12.0. The van der Waals surface area contributed by atoms with Crippen LogP contribution in [0.3, 0.4) is 0 Å². The minimum atomic E-state index is -0.764. The van der Waals surface area contributed by atoms with Crippen molar-refractivity contribution in [3.63, 3.8) is 0 Å². The first kappa shape index (κ1) is 14.9. The summed E-state index contributed by atoms with van der Waals surface area (Å²) in [6, 6.07) is 5.16. The van der Waals surface area contributed by atoms with Gasteiger partial charge in [-0.3, -0.25) is 9.59 Å². The average molecular weight is 296 g/mol. The Morgan fingerprint density at radius 1 is 1.40 bits per heavy atom. The molecule has 1 aliphatic rings. The molecule has 1 amide bonds. The molecule has 1 aromatic carbocycles. The van der Waals surface area contributed by atoms with Crippen LogP contribution in [0, 0.1) is 18.8 Å². The van der Waals surface area contributed by atoms with E-state index >= 15 is 0 Å². The maximum Gasteiger partial charge on any atom is 0.306 e. The van der Waals surface area contributed by atoms with Crippen LogP contribution in [0.25, 0.3) is 0 Å². The molecule has 0 bridgehead atoms. The topological polar surface area (TPSA) is 66.4 Å². The van der Waals surface area contributed by atoms with Gasteiger partial charge in [-0.05, 0) is 43.4 Å². The number of rotatable bonds is 4. The van der Waals surface area contributed by atoms with E-state index in [0.29, 0.717) is 23.6 Å². The largest absolute Gasteiger partial charge is 0.481 e. The Labute approximate surface area is 123 Å². The summed E-state index contributed by atoms with van der Waals surface area (Å²) in [6.45, 7) is 2.28. The van der Waals surface area contributed by atoms with Crippen LogP contribution in [-0.4, -0.2) is 23.5 Å². The summed E-state index contributed by atoms with van der Waals surface area (Å²) in [7, 11) is 0. The number of carbonyl (C=O) groups excluding carboxylic acids is 1. The molecule has 2 N–H and O–H groups in total. The van der Waals surface area contributed by atoms with Crippen molar-refractivity contribution in [1.82, 2.24) is 5.32 Å². The molecule has 0 spiro atoms. The molecule has 4 nitrogen and oxygen atoms in total. The maximum absolute atomic E-state index is 12.0. The van der Waals surface area contributed by atoms with Gasteiger partial charge in [0.1, 0.15) is 0 Å². The third-order valence-corrected chi connectivity index (χ3v) is 4.34. The van der Waals surface area contributed by atoms with E-state index in [4.69, 9.17) is 16.7 Å². The molecule has 1 fully saturated rings. The van der Waals surface area contributed by atoms with Crippen molar-refractivity contribution >= 4 is 23.5 Å². The Hall–Kier alpha value is -1.55. The first-order chi connectivity index (χ1) is 9.49. The van der Waals surface area contributed by atoms with Gasteiger partial charge in [0.25, 0.3) is 5.91 Å². The summed E-state index contributed by atoms with van der Waals surface area (Å²) in [5.74, 6) is -1.28. The molecule has 0 saturated heterocycles. The first-order valence-electron chi connectivity index (χ1n) is 6.76. The highest BCUT2D eigenvalue weighted by molar-refractivity contribution is 6.31. The summed E-state index contributed by atoms with van der Waals surface area (Å²) in [5, 5.41) is 12.5. The number of halogens is 1. The normalized spacial score (nSPS) is 21.7. The molecule has 1 aliphatic carbocycles. The lowest BCUT2D eigenvalue weighted by Crippen LogP contribution is -2.33. The Morgan fingerprint density at radius 2 is 2.15 bits per heavy atom. The van der Waals surface area contributed by atoms with Gasteiger partial charge in [-0.25, -0.2) is 0 Å². The number of carbonyl (C=O) groups is 2. The fourth-order valence-electron chi connectivity index (χ4n) is 2.67. The van der Waals surface area contributed by atoms with Crippen LogP contribution in [0.15, 0.2) is 18.2 Å². The van der Waals surface area contributed by atoms with Crippen LogP contribution in [0.2, 0.25) is 5.02 Å². The van der Waals surface area contributed by atoms with E-state index in [-0.39, 0.29) is 17.7 Å². The molecule has 20 heavy (non-hydrogen) atoms. The number of carboxylic acids is 1. The van der Waals surface area contributed by atoms with Crippen LogP contribution in [-0.2, 0) is 4.79 Å². The van der Waals surface area contributed by atoms with Crippen molar-refractivity contribution < 1.29 is 14.7 Å². The molecule has 108 valence electrons. The highest BCUT2D eigenvalue weighted by Gasteiger charge is 2.32. The van der Waals surface area contributed by atoms with Crippen molar-refractivity contribution in [1.29, 1.82) is 0 Å². The monoisotopic (exact) mass is 295 g/mol. The number of nitrogens with one attached hydrogen (secondary N) is 1. The predicted molar refractivity (Wildman–Crippen MR) is 77.0 cm³/mol. The van der Waals surface area contributed by atoms with E-state index in [0.717, 1.165) is 18.4 Å². The fraction of sp³-hybridized carbons (Fsp3) is 0.467. The minimum absolute atomic E-state index is 0.0253. The van der Waals surface area contributed by atoms with Crippen molar-refractivity contribution in [2.24, 2.45) is 11.8 Å². The lowest BCUT2D eigenvalue weighted by molar-refractivity contribution is -0.142. The van der Waals surface area contributed by atoms with Gasteiger partial charge in [-0.2, -0.15) is 0 Å². The second-order valence-corrected chi connectivity index (χ2v) is 5.72. The summed E-state index contributed by atoms with van der Waals surface area (Å²) in [5.41, 5.74) is 1.43. The Bertz CT molecular complexity index is 530. The Kier molecular flexibility index (Phi) is 4.65. The molecular weight excluding hydrogens is 278 g/mol. The smallest absolute Gasteiger partial charge is 0.306 e. The fourth-order valence-corrected chi connectivity index (χ4v) is 2.85. The quantitative estimate of drug-likeness (QED) is 0.897. The SMILES string of the molecule is Cc1ccc(C(=O)NCC2CCCC2C(=O)O)cc1Cl. The third kappa shape index (κ3) is 3.31. The van der Waals surface area contributed by atoms with Gasteiger partial charge in [0.05, 0.1) is 5.92 Å². The van der Waals surface area contributed by atoms with Crippen LogP contribution in [0.5, 0.6) is 0 Å². The number of hydrogen-bond acceptors (Lipinski definition) is 2. The molecule has 0 aliphatic heterocycles. The number of hydrogen-bond donors (Lipinski definition) is 2. The summed E-state index contributed by atoms with van der Waals surface area (Å²) < 4.78 is 0. The second kappa shape index (κ2) is 6.27. The van der Waals surface area contributed by atoms with E-state index < -0.39 is 5.97 Å². The number of aryl methyl sites for hydroxylation is 1. The van der Waals surface area contributed by atoms with Crippen LogP contribution < -0.4 is 5.32 Å². The lowest BCUT2D eigenvalue weighted by Gasteiger charge is -2.16. The van der Waals surface area contributed by atoms with Gasteiger partial charge >= 0.3 is 5.97 Å². The minimum Gasteiger partial charge on any atom is -0.481 e. The summed E-state index contributed by atoms with van der Waals surface area (Å²) in [6.07, 6.45) is 2.46. The Morgan fingerprint density at radius 3 is 2.80 bits per heavy atom. The average Bonchev–Trinajstić information content (AvgIpc) is 2.87. The predicted octanol–water partition coefficient (Wildman–Crippen LogP) is 2.88. The zero-order chi connectivity index (χ0) is 14.7. The standard InChI is InChI=1S/C15H18ClNO3/c1-9-5-6-10(7-13(9)16)14(18)17-8-11-3-2-4-12(11)15(19)20/h5-7,11-12H,2-4,8H2,1H3,(H,17,18)(H,19,20). The van der Waals surface area contributed by atoms with Crippen molar-refractivity contribution in [2.45, 2.75) is 26.2 Å². The highest BCUT2D eigenvalue weighted by atomic mass is 35.5. The summed E-state index contributed by atoms with van der Waals surface area (Å²) in [4.78, 5) is 23.1. The van der Waals surface area contributed by atoms with Gasteiger partial charge in [-0.15, -0.1) is 0 Å². The van der Waals surface area contributed by atoms with E-state index in [1.807, 2.05) is 6.92 Å². The van der Waals surface area contributed by atoms with Gasteiger partial charge in [-0.1, -0.05) is 24.1 Å². The van der Waals surface area contributed by atoms with Crippen molar-refractivity contribution in [3.8, 4) is 0 Å². The molecule has 2 atom stereocenters. The van der Waals surface area contributed by atoms with Gasteiger partial charge < -0.3 is 10.4 Å². The molecule has 0 radical (unpaired) electrons. The van der Waals surface area contributed by atoms with Crippen molar-refractivity contribution in [2.75, 3.05) is 6.54 Å². The zero-order valence-electron chi connectivity index (χ0n) is 11.4. The van der Waals surface area contributed by atoms with Gasteiger partial charge in [0.15, 0.2) is 0 Å². The van der Waals surface area contributed by atoms with Crippen LogP contribution in [0.1, 0.15) is 35.2 Å². The van der Waals surface area contributed by atoms with E-state index in [1.54, 1.807) is 18.2 Å². The molecular formula is C15H18ClNO3. The molecule has 1 saturated carbocycles. The number of carboxylic acid groups (broad SMARTS) is 1. The first-order valence-corrected chi connectivity index (χ1v) is 7.14. The third-order valence-electron chi connectivity index (χ3n) is 3.94. The molecule has 5 heteroatoms. The number of benzene rings is 1. The van der Waals surface area contributed by atoms with Gasteiger partial charge in [0, 0.05) is 17.1 Å². The molecule has 0 aromatic heterocycles. The van der Waals surface area contributed by atoms with Crippen LogP contribution in [0.4, 0.5) is 0 Å². The molecule has 2 rings (SSSR count). The second-order valence-electron chi connectivity index (χ2n) is 5.31. The number of amides is 1. The van der Waals surface area contributed by atoms with Crippen LogP contribution >= 0.6 is 11.6 Å². The summed E-state index contributed by atoms with van der Waals surface area (Å²) >= 11 is 5.99. The molecule has 0 heterocycles. The zero-order valence-corrected chi connectivity index (χ0v) is 12.1. The van der Waals surface area contributed by atoms with Crippen molar-refractivity contribution in [3.05, 3.63) is 34.3 Å². The highest BCUT2D eigenvalue weighted by Crippen LogP contribution is 2.31.